The highest BCUT2D eigenvalue weighted by atomic mass is 35.5. The minimum absolute atomic E-state index is 0.0266. The van der Waals surface area contributed by atoms with E-state index in [-0.39, 0.29) is 27.4 Å². The Balaban J connectivity index is 2.02. The van der Waals surface area contributed by atoms with E-state index < -0.39 is 17.7 Å². The molecule has 0 spiro atoms. The van der Waals surface area contributed by atoms with Gasteiger partial charge < -0.3 is 10.0 Å². The normalized spacial score (nSPS) is 11.4. The standard InChI is InChI=1S/C26H19ClFN5O3/c1-14-5-4-6-19(27)22(14)25(34)33-21-12-15(24(30-13-29)32(2)3)7-10-18(21)23(31-33)17-9-8-16(26(35)36)11-20(17)28/h4-12H,1-3H3,(H,35,36). The van der Waals surface area contributed by atoms with Crippen molar-refractivity contribution in [3.63, 3.8) is 0 Å². The van der Waals surface area contributed by atoms with E-state index in [0.717, 1.165) is 10.7 Å². The molecule has 0 amide bonds. The number of hydrogen-bond acceptors (Lipinski definition) is 5. The van der Waals surface area contributed by atoms with Crippen LogP contribution in [-0.2, 0) is 0 Å². The van der Waals surface area contributed by atoms with Crippen molar-refractivity contribution in [1.82, 2.24) is 14.7 Å². The van der Waals surface area contributed by atoms with Gasteiger partial charge in [0.2, 0.25) is 6.19 Å². The number of aryl methyl sites for hydroxylation is 1. The van der Waals surface area contributed by atoms with Crippen molar-refractivity contribution < 1.29 is 19.1 Å². The molecular weight excluding hydrogens is 485 g/mol. The van der Waals surface area contributed by atoms with Gasteiger partial charge in [-0.25, -0.2) is 9.18 Å². The molecule has 1 heterocycles. The molecule has 0 bridgehead atoms. The predicted molar refractivity (Wildman–Crippen MR) is 134 cm³/mol. The van der Waals surface area contributed by atoms with Gasteiger partial charge in [0.25, 0.3) is 5.91 Å². The van der Waals surface area contributed by atoms with Crippen LogP contribution < -0.4 is 0 Å². The van der Waals surface area contributed by atoms with Crippen LogP contribution in [0.15, 0.2) is 59.6 Å². The maximum absolute atomic E-state index is 15.0. The van der Waals surface area contributed by atoms with E-state index in [1.165, 1.54) is 12.1 Å². The van der Waals surface area contributed by atoms with Gasteiger partial charge in [-0.1, -0.05) is 29.8 Å². The van der Waals surface area contributed by atoms with Crippen molar-refractivity contribution in [2.75, 3.05) is 14.1 Å². The Labute approximate surface area is 210 Å². The molecule has 1 aromatic heterocycles. The van der Waals surface area contributed by atoms with E-state index in [0.29, 0.717) is 27.9 Å². The Bertz CT molecular complexity index is 1600. The number of aromatic carboxylic acids is 1. The van der Waals surface area contributed by atoms with Crippen LogP contribution in [0.3, 0.4) is 0 Å². The number of carbonyl (C=O) groups excluding carboxylic acids is 1. The molecule has 180 valence electrons. The van der Waals surface area contributed by atoms with Gasteiger partial charge in [0.1, 0.15) is 17.3 Å². The van der Waals surface area contributed by atoms with Crippen molar-refractivity contribution in [3.05, 3.63) is 87.7 Å². The summed E-state index contributed by atoms with van der Waals surface area (Å²) in [7, 11) is 3.45. The molecule has 1 N–H and O–H groups in total. The Kier molecular flexibility index (Phi) is 6.55. The second-order valence-corrected chi connectivity index (χ2v) is 8.57. The van der Waals surface area contributed by atoms with Gasteiger partial charge in [0, 0.05) is 30.6 Å². The summed E-state index contributed by atoms with van der Waals surface area (Å²) >= 11 is 6.35. The van der Waals surface area contributed by atoms with Crippen LogP contribution in [0.1, 0.15) is 31.8 Å². The number of rotatable bonds is 4. The first-order chi connectivity index (χ1) is 17.1. The molecule has 8 nitrogen and oxygen atoms in total. The Morgan fingerprint density at radius 1 is 1.14 bits per heavy atom. The van der Waals surface area contributed by atoms with Crippen LogP contribution in [0.5, 0.6) is 0 Å². The van der Waals surface area contributed by atoms with Crippen LogP contribution in [0.2, 0.25) is 5.02 Å². The number of amidine groups is 1. The third kappa shape index (κ3) is 4.30. The first kappa shape index (κ1) is 24.6. The molecule has 4 rings (SSSR count). The maximum Gasteiger partial charge on any atom is 0.335 e. The number of nitrogens with zero attached hydrogens (tertiary/aromatic N) is 5. The molecule has 0 atom stereocenters. The largest absolute Gasteiger partial charge is 0.478 e. The molecule has 0 radical (unpaired) electrons. The molecular formula is C26H19ClFN5O3. The number of carboxylic acid groups (broad SMARTS) is 1. The molecule has 4 aromatic rings. The van der Waals surface area contributed by atoms with E-state index in [2.05, 4.69) is 10.1 Å². The number of nitriles is 1. The van der Waals surface area contributed by atoms with Gasteiger partial charge in [0.15, 0.2) is 0 Å². The van der Waals surface area contributed by atoms with Crippen molar-refractivity contribution in [2.24, 2.45) is 4.99 Å². The van der Waals surface area contributed by atoms with Crippen LogP contribution in [0.4, 0.5) is 4.39 Å². The van der Waals surface area contributed by atoms with Crippen molar-refractivity contribution in [1.29, 1.82) is 5.26 Å². The number of carboxylic acids is 1. The van der Waals surface area contributed by atoms with Gasteiger partial charge in [-0.05, 0) is 48.9 Å². The third-order valence-corrected chi connectivity index (χ3v) is 5.93. The molecule has 0 unspecified atom stereocenters. The lowest BCUT2D eigenvalue weighted by Gasteiger charge is -2.14. The highest BCUT2D eigenvalue weighted by Gasteiger charge is 2.24. The van der Waals surface area contributed by atoms with Gasteiger partial charge in [0.05, 0.1) is 21.7 Å². The highest BCUT2D eigenvalue weighted by Crippen LogP contribution is 2.32. The number of halogens is 2. The summed E-state index contributed by atoms with van der Waals surface area (Å²) in [5.74, 6) is -2.24. The monoisotopic (exact) mass is 503 g/mol. The van der Waals surface area contributed by atoms with Gasteiger partial charge >= 0.3 is 5.97 Å². The smallest absolute Gasteiger partial charge is 0.335 e. The highest BCUT2D eigenvalue weighted by molar-refractivity contribution is 6.34. The zero-order valence-electron chi connectivity index (χ0n) is 19.5. The number of fused-ring (bicyclic) bond motifs is 1. The van der Waals surface area contributed by atoms with Crippen LogP contribution in [-0.4, -0.2) is 51.6 Å². The zero-order valence-corrected chi connectivity index (χ0v) is 20.2. The lowest BCUT2D eigenvalue weighted by molar-refractivity contribution is 0.0696. The lowest BCUT2D eigenvalue weighted by atomic mass is 10.0. The fraction of sp³-hybridized carbons (Fsp3) is 0.115. The molecule has 0 aliphatic rings. The van der Waals surface area contributed by atoms with Gasteiger partial charge in [-0.15, -0.1) is 0 Å². The fourth-order valence-corrected chi connectivity index (χ4v) is 4.23. The van der Waals surface area contributed by atoms with Gasteiger partial charge in [-0.2, -0.15) is 20.0 Å². The fourth-order valence-electron chi connectivity index (χ4n) is 3.93. The minimum Gasteiger partial charge on any atom is -0.478 e. The third-order valence-electron chi connectivity index (χ3n) is 5.62. The first-order valence-corrected chi connectivity index (χ1v) is 11.0. The average Bonchev–Trinajstić information content (AvgIpc) is 3.20. The Morgan fingerprint density at radius 3 is 2.47 bits per heavy atom. The zero-order chi connectivity index (χ0) is 26.1. The summed E-state index contributed by atoms with van der Waals surface area (Å²) in [4.78, 5) is 30.4. The lowest BCUT2D eigenvalue weighted by Crippen LogP contribution is -2.23. The average molecular weight is 504 g/mol. The minimum atomic E-state index is -1.27. The molecule has 3 aromatic carbocycles. The molecule has 0 saturated carbocycles. The second-order valence-electron chi connectivity index (χ2n) is 8.16. The van der Waals surface area contributed by atoms with Gasteiger partial charge in [-0.3, -0.25) is 4.79 Å². The second kappa shape index (κ2) is 9.60. The van der Waals surface area contributed by atoms with Crippen LogP contribution in [0, 0.1) is 24.2 Å². The Morgan fingerprint density at radius 2 is 1.86 bits per heavy atom. The summed E-state index contributed by atoms with van der Waals surface area (Å²) in [5.41, 5.74) is 1.69. The van der Waals surface area contributed by atoms with E-state index >= 15 is 4.39 Å². The van der Waals surface area contributed by atoms with E-state index in [1.54, 1.807) is 68.5 Å². The van der Waals surface area contributed by atoms with E-state index in [1.807, 2.05) is 0 Å². The number of aliphatic imine (C=N–C) groups is 1. The summed E-state index contributed by atoms with van der Waals surface area (Å²) in [6, 6.07) is 13.5. The number of benzene rings is 3. The topological polar surface area (TPSA) is 112 Å². The summed E-state index contributed by atoms with van der Waals surface area (Å²) in [5, 5.41) is 23.4. The molecule has 0 fully saturated rings. The summed E-state index contributed by atoms with van der Waals surface area (Å²) in [6.45, 7) is 1.74. The predicted octanol–water partition coefficient (Wildman–Crippen LogP) is 4.98. The quantitative estimate of drug-likeness (QED) is 0.239. The van der Waals surface area contributed by atoms with Crippen LogP contribution in [0.25, 0.3) is 22.2 Å². The molecule has 0 aliphatic heterocycles. The number of carbonyl (C=O) groups is 2. The molecule has 36 heavy (non-hydrogen) atoms. The first-order valence-electron chi connectivity index (χ1n) is 10.6. The van der Waals surface area contributed by atoms with Crippen molar-refractivity contribution in [2.45, 2.75) is 6.92 Å². The molecule has 0 aliphatic carbocycles. The number of aromatic nitrogens is 2. The SMILES string of the molecule is Cc1cccc(Cl)c1C(=O)n1nc(-c2ccc(C(=O)O)cc2F)c2ccc(C(=NC#N)N(C)C)cc21. The molecule has 10 heteroatoms. The van der Waals surface area contributed by atoms with Crippen molar-refractivity contribution in [3.8, 4) is 17.5 Å². The molecule has 0 saturated heterocycles. The number of hydrogen-bond donors (Lipinski definition) is 1. The summed E-state index contributed by atoms with van der Waals surface area (Å²) < 4.78 is 16.2. The maximum atomic E-state index is 15.0. The summed E-state index contributed by atoms with van der Waals surface area (Å²) in [6.07, 6.45) is 1.77. The van der Waals surface area contributed by atoms with E-state index in [4.69, 9.17) is 16.9 Å². The Hall–Kier alpha value is -4.55. The van der Waals surface area contributed by atoms with Crippen molar-refractivity contribution >= 4 is 40.2 Å². The van der Waals surface area contributed by atoms with Crippen LogP contribution >= 0.6 is 11.6 Å². The van der Waals surface area contributed by atoms with E-state index in [9.17, 15) is 14.7 Å².